The molecule has 2 N–H and O–H groups in total. The van der Waals surface area contributed by atoms with Gasteiger partial charge in [0.15, 0.2) is 0 Å². The lowest BCUT2D eigenvalue weighted by molar-refractivity contribution is 0.927. The lowest BCUT2D eigenvalue weighted by Crippen LogP contribution is -2.18. The third-order valence-electron chi connectivity index (χ3n) is 3.70. The topological polar surface area (TPSA) is 42.1 Å². The Morgan fingerprint density at radius 1 is 1.05 bits per heavy atom. The third kappa shape index (κ3) is 2.68. The number of aryl methyl sites for hydroxylation is 1. The quantitative estimate of drug-likeness (QED) is 0.741. The Kier molecular flexibility index (Phi) is 3.48. The standard InChI is InChI=1S/C18H19N3/c1-13-11-18(15-8-4-6-10-17(15)20-13)21(2)12-14-7-3-5-9-16(14)19/h3-11H,12,19H2,1-2H3. The summed E-state index contributed by atoms with van der Waals surface area (Å²) in [5.74, 6) is 0. The summed E-state index contributed by atoms with van der Waals surface area (Å²) in [5.41, 5.74) is 11.3. The zero-order chi connectivity index (χ0) is 14.8. The molecule has 0 spiro atoms. The monoisotopic (exact) mass is 277 g/mol. The molecule has 106 valence electrons. The number of nitrogens with two attached hydrogens (primary N) is 1. The van der Waals surface area contributed by atoms with Crippen LogP contribution < -0.4 is 10.6 Å². The van der Waals surface area contributed by atoms with Gasteiger partial charge in [-0.3, -0.25) is 4.98 Å². The van der Waals surface area contributed by atoms with Gasteiger partial charge in [0.25, 0.3) is 0 Å². The van der Waals surface area contributed by atoms with Gasteiger partial charge in [0.2, 0.25) is 0 Å². The lowest BCUT2D eigenvalue weighted by atomic mass is 10.1. The van der Waals surface area contributed by atoms with Crippen molar-refractivity contribution in [1.82, 2.24) is 4.98 Å². The smallest absolute Gasteiger partial charge is 0.0726 e. The molecule has 0 bridgehead atoms. The van der Waals surface area contributed by atoms with Crippen LogP contribution in [-0.4, -0.2) is 12.0 Å². The van der Waals surface area contributed by atoms with Gasteiger partial charge in [-0.25, -0.2) is 0 Å². The van der Waals surface area contributed by atoms with Crippen molar-refractivity contribution in [2.45, 2.75) is 13.5 Å². The Balaban J connectivity index is 2.02. The first-order chi connectivity index (χ1) is 10.1. The van der Waals surface area contributed by atoms with E-state index < -0.39 is 0 Å². The SMILES string of the molecule is Cc1cc(N(C)Cc2ccccc2N)c2ccccc2n1. The van der Waals surface area contributed by atoms with Crippen molar-refractivity contribution in [1.29, 1.82) is 0 Å². The average molecular weight is 277 g/mol. The van der Waals surface area contributed by atoms with Gasteiger partial charge in [0, 0.05) is 36.0 Å². The van der Waals surface area contributed by atoms with Crippen LogP contribution in [0.1, 0.15) is 11.3 Å². The van der Waals surface area contributed by atoms with Crippen LogP contribution in [0, 0.1) is 6.92 Å². The van der Waals surface area contributed by atoms with E-state index in [1.165, 1.54) is 11.1 Å². The van der Waals surface area contributed by atoms with E-state index in [2.05, 4.69) is 41.2 Å². The summed E-state index contributed by atoms with van der Waals surface area (Å²) >= 11 is 0. The van der Waals surface area contributed by atoms with Crippen LogP contribution in [0.2, 0.25) is 0 Å². The van der Waals surface area contributed by atoms with E-state index in [9.17, 15) is 0 Å². The maximum absolute atomic E-state index is 6.05. The molecule has 0 saturated carbocycles. The van der Waals surface area contributed by atoms with Gasteiger partial charge in [-0.1, -0.05) is 36.4 Å². The molecule has 1 aromatic heterocycles. The number of fused-ring (bicyclic) bond motifs is 1. The zero-order valence-corrected chi connectivity index (χ0v) is 12.4. The second-order valence-electron chi connectivity index (χ2n) is 5.35. The lowest BCUT2D eigenvalue weighted by Gasteiger charge is -2.22. The van der Waals surface area contributed by atoms with Gasteiger partial charge in [0.1, 0.15) is 0 Å². The largest absolute Gasteiger partial charge is 0.398 e. The van der Waals surface area contributed by atoms with Crippen molar-refractivity contribution in [3.05, 3.63) is 65.9 Å². The fraction of sp³-hybridized carbons (Fsp3) is 0.167. The summed E-state index contributed by atoms with van der Waals surface area (Å²) in [6, 6.07) is 18.4. The van der Waals surface area contributed by atoms with E-state index in [0.717, 1.165) is 29.0 Å². The van der Waals surface area contributed by atoms with E-state index in [0.29, 0.717) is 0 Å². The highest BCUT2D eigenvalue weighted by molar-refractivity contribution is 5.91. The number of benzene rings is 2. The first-order valence-corrected chi connectivity index (χ1v) is 7.06. The van der Waals surface area contributed by atoms with Crippen LogP contribution in [-0.2, 0) is 6.54 Å². The normalized spacial score (nSPS) is 10.8. The van der Waals surface area contributed by atoms with E-state index in [4.69, 9.17) is 5.73 Å². The molecule has 1 heterocycles. The number of para-hydroxylation sites is 2. The molecule has 0 amide bonds. The Labute approximate surface area is 125 Å². The molecule has 0 aliphatic heterocycles. The predicted octanol–water partition coefficient (Wildman–Crippen LogP) is 3.76. The molecule has 0 atom stereocenters. The Morgan fingerprint density at radius 3 is 2.57 bits per heavy atom. The van der Waals surface area contributed by atoms with Crippen molar-refractivity contribution in [2.24, 2.45) is 0 Å². The van der Waals surface area contributed by atoms with Crippen molar-refractivity contribution in [2.75, 3.05) is 17.7 Å². The minimum Gasteiger partial charge on any atom is -0.398 e. The molecular weight excluding hydrogens is 258 g/mol. The molecule has 0 aliphatic carbocycles. The number of hydrogen-bond acceptors (Lipinski definition) is 3. The third-order valence-corrected chi connectivity index (χ3v) is 3.70. The van der Waals surface area contributed by atoms with Gasteiger partial charge in [0.05, 0.1) is 5.52 Å². The molecule has 2 aromatic carbocycles. The summed E-state index contributed by atoms with van der Waals surface area (Å²) in [7, 11) is 2.09. The van der Waals surface area contributed by atoms with Crippen LogP contribution in [0.3, 0.4) is 0 Å². The van der Waals surface area contributed by atoms with Gasteiger partial charge < -0.3 is 10.6 Å². The van der Waals surface area contributed by atoms with Crippen LogP contribution in [0.4, 0.5) is 11.4 Å². The molecule has 0 unspecified atom stereocenters. The van der Waals surface area contributed by atoms with Crippen LogP contribution in [0.25, 0.3) is 10.9 Å². The first kappa shape index (κ1) is 13.4. The number of aromatic nitrogens is 1. The summed E-state index contributed by atoms with van der Waals surface area (Å²) in [6.07, 6.45) is 0. The van der Waals surface area contributed by atoms with Crippen LogP contribution in [0.15, 0.2) is 54.6 Å². The summed E-state index contributed by atoms with van der Waals surface area (Å²) in [5, 5.41) is 1.17. The molecule has 3 nitrogen and oxygen atoms in total. The molecule has 0 aliphatic rings. The molecule has 3 aromatic rings. The van der Waals surface area contributed by atoms with Crippen molar-refractivity contribution >= 4 is 22.3 Å². The first-order valence-electron chi connectivity index (χ1n) is 7.06. The molecule has 0 fully saturated rings. The van der Waals surface area contributed by atoms with E-state index in [1.54, 1.807) is 0 Å². The average Bonchev–Trinajstić information content (AvgIpc) is 2.48. The fourth-order valence-corrected chi connectivity index (χ4v) is 2.62. The minimum absolute atomic E-state index is 0.778. The Bertz CT molecular complexity index is 780. The Hall–Kier alpha value is -2.55. The van der Waals surface area contributed by atoms with Crippen molar-refractivity contribution < 1.29 is 0 Å². The number of rotatable bonds is 3. The van der Waals surface area contributed by atoms with E-state index in [1.807, 2.05) is 37.3 Å². The number of hydrogen-bond donors (Lipinski definition) is 1. The molecule has 3 heteroatoms. The van der Waals surface area contributed by atoms with Crippen molar-refractivity contribution in [3.63, 3.8) is 0 Å². The maximum Gasteiger partial charge on any atom is 0.0726 e. The molecule has 0 saturated heterocycles. The highest BCUT2D eigenvalue weighted by atomic mass is 15.1. The summed E-state index contributed by atoms with van der Waals surface area (Å²) < 4.78 is 0. The maximum atomic E-state index is 6.05. The predicted molar refractivity (Wildman–Crippen MR) is 89.4 cm³/mol. The van der Waals surface area contributed by atoms with Gasteiger partial charge in [-0.15, -0.1) is 0 Å². The molecule has 21 heavy (non-hydrogen) atoms. The van der Waals surface area contributed by atoms with Crippen LogP contribution >= 0.6 is 0 Å². The number of nitrogens with zero attached hydrogens (tertiary/aromatic N) is 2. The number of anilines is 2. The van der Waals surface area contributed by atoms with E-state index >= 15 is 0 Å². The van der Waals surface area contributed by atoms with Gasteiger partial charge >= 0.3 is 0 Å². The second-order valence-corrected chi connectivity index (χ2v) is 5.35. The van der Waals surface area contributed by atoms with Gasteiger partial charge in [-0.2, -0.15) is 0 Å². The van der Waals surface area contributed by atoms with Gasteiger partial charge in [-0.05, 0) is 30.7 Å². The minimum atomic E-state index is 0.778. The molecule has 0 radical (unpaired) electrons. The molecular formula is C18H19N3. The molecule has 3 rings (SSSR count). The van der Waals surface area contributed by atoms with Crippen molar-refractivity contribution in [3.8, 4) is 0 Å². The van der Waals surface area contributed by atoms with E-state index in [-0.39, 0.29) is 0 Å². The Morgan fingerprint density at radius 2 is 1.76 bits per heavy atom. The summed E-state index contributed by atoms with van der Waals surface area (Å²) in [4.78, 5) is 6.82. The highest BCUT2D eigenvalue weighted by Crippen LogP contribution is 2.27. The fourth-order valence-electron chi connectivity index (χ4n) is 2.62. The number of nitrogen functional groups attached to an aromatic ring is 1. The van der Waals surface area contributed by atoms with Crippen LogP contribution in [0.5, 0.6) is 0 Å². The summed E-state index contributed by atoms with van der Waals surface area (Å²) in [6.45, 7) is 2.81. The second kappa shape index (κ2) is 5.44. The highest BCUT2D eigenvalue weighted by Gasteiger charge is 2.09. The number of pyridine rings is 1. The zero-order valence-electron chi connectivity index (χ0n) is 12.4.